The van der Waals surface area contributed by atoms with E-state index in [1.54, 1.807) is 0 Å². The van der Waals surface area contributed by atoms with Crippen molar-refractivity contribution < 1.29 is 19.0 Å². The third kappa shape index (κ3) is 6.05. The predicted octanol–water partition coefficient (Wildman–Crippen LogP) is 4.71. The molecule has 0 saturated heterocycles. The van der Waals surface area contributed by atoms with Crippen LogP contribution in [0.4, 0.5) is 0 Å². The summed E-state index contributed by atoms with van der Waals surface area (Å²) in [4.78, 5) is 5.76. The van der Waals surface area contributed by atoms with E-state index in [2.05, 4.69) is 61.2 Å². The fourth-order valence-electron chi connectivity index (χ4n) is 3.32. The molecule has 0 fully saturated rings. The van der Waals surface area contributed by atoms with Crippen LogP contribution in [0.15, 0.2) is 0 Å². The molecule has 6 heteroatoms. The number of hydrogen-bond acceptors (Lipinski definition) is 4. The molecule has 0 aromatic heterocycles. The molecule has 0 heterocycles. The molecule has 0 rings (SSSR count). The Morgan fingerprint density at radius 3 is 1.50 bits per heavy atom. The van der Waals surface area contributed by atoms with E-state index in [4.69, 9.17) is 13.9 Å². The molecule has 0 radical (unpaired) electrons. The zero-order valence-electron chi connectivity index (χ0n) is 16.3. The van der Waals surface area contributed by atoms with Crippen LogP contribution < -0.4 is 0 Å². The van der Waals surface area contributed by atoms with Crippen molar-refractivity contribution in [1.82, 2.24) is 0 Å². The molecular formula is C16H38O4Si2. The van der Waals surface area contributed by atoms with Gasteiger partial charge >= 0.3 is 0 Å². The van der Waals surface area contributed by atoms with Gasteiger partial charge in [-0.25, -0.2) is 4.89 Å². The Morgan fingerprint density at radius 1 is 0.818 bits per heavy atom. The largest absolute Gasteiger partial charge is 0.412 e. The van der Waals surface area contributed by atoms with Crippen molar-refractivity contribution in [2.24, 2.45) is 0 Å². The molecule has 0 aliphatic heterocycles. The minimum Gasteiger partial charge on any atom is -0.412 e. The Bertz CT molecular complexity index is 292. The van der Waals surface area contributed by atoms with Gasteiger partial charge in [-0.15, -0.1) is 0 Å². The van der Waals surface area contributed by atoms with Crippen molar-refractivity contribution in [2.75, 3.05) is 6.61 Å². The van der Waals surface area contributed by atoms with Gasteiger partial charge in [-0.05, 0) is 43.2 Å². The van der Waals surface area contributed by atoms with E-state index >= 15 is 0 Å². The summed E-state index contributed by atoms with van der Waals surface area (Å²) in [6, 6.07) is 0. The zero-order valence-corrected chi connectivity index (χ0v) is 18.3. The summed E-state index contributed by atoms with van der Waals surface area (Å²) in [6.07, 6.45) is -0.607. The van der Waals surface area contributed by atoms with E-state index in [1.807, 2.05) is 6.92 Å². The van der Waals surface area contributed by atoms with E-state index in [1.165, 1.54) is 0 Å². The predicted molar refractivity (Wildman–Crippen MR) is 98.0 cm³/mol. The van der Waals surface area contributed by atoms with Gasteiger partial charge in [0.05, 0.1) is 12.7 Å². The third-order valence-electron chi connectivity index (χ3n) is 4.27. The molecular weight excluding hydrogens is 312 g/mol. The number of rotatable bonds is 10. The van der Waals surface area contributed by atoms with Gasteiger partial charge < -0.3 is 9.53 Å². The lowest BCUT2D eigenvalue weighted by atomic mass is 10.2. The van der Waals surface area contributed by atoms with Crippen LogP contribution in [-0.2, 0) is 13.9 Å². The van der Waals surface area contributed by atoms with Gasteiger partial charge in [0.2, 0.25) is 8.32 Å². The standard InChI is InChI=1S/C16H38O4Si2/c1-12(2)22(13(3)4,14(5)6)20-18-16(11-17)15(7)19-21(8,9)10/h12-17H,11H2,1-10H3. The van der Waals surface area contributed by atoms with Gasteiger partial charge in [0, 0.05) is 0 Å². The molecule has 134 valence electrons. The highest BCUT2D eigenvalue weighted by Gasteiger charge is 2.47. The van der Waals surface area contributed by atoms with E-state index in [0.717, 1.165) is 0 Å². The first-order chi connectivity index (χ1) is 9.88. The lowest BCUT2D eigenvalue weighted by Gasteiger charge is -2.41. The minimum absolute atomic E-state index is 0.0928. The van der Waals surface area contributed by atoms with Gasteiger partial charge in [0.25, 0.3) is 0 Å². The first-order valence-electron chi connectivity index (χ1n) is 8.51. The Kier molecular flexibility index (Phi) is 9.05. The van der Waals surface area contributed by atoms with Crippen LogP contribution in [0.25, 0.3) is 0 Å². The quantitative estimate of drug-likeness (QED) is 0.352. The van der Waals surface area contributed by atoms with Crippen molar-refractivity contribution in [3.8, 4) is 0 Å². The van der Waals surface area contributed by atoms with Crippen LogP contribution in [0.1, 0.15) is 48.5 Å². The Morgan fingerprint density at radius 2 is 1.23 bits per heavy atom. The first-order valence-corrected chi connectivity index (χ1v) is 14.1. The Hall–Kier alpha value is 0.274. The van der Waals surface area contributed by atoms with Gasteiger partial charge in [-0.3, -0.25) is 4.58 Å². The van der Waals surface area contributed by atoms with Crippen molar-refractivity contribution in [2.45, 2.75) is 96.9 Å². The maximum Gasteiger partial charge on any atom is 0.246 e. The molecule has 0 aliphatic carbocycles. The molecule has 2 atom stereocenters. The first kappa shape index (κ1) is 22.3. The topological polar surface area (TPSA) is 47.9 Å². The normalized spacial score (nSPS) is 16.6. The maximum absolute atomic E-state index is 9.65. The smallest absolute Gasteiger partial charge is 0.246 e. The lowest BCUT2D eigenvalue weighted by molar-refractivity contribution is -0.282. The highest BCUT2D eigenvalue weighted by atomic mass is 28.4. The molecule has 0 bridgehead atoms. The molecule has 22 heavy (non-hydrogen) atoms. The van der Waals surface area contributed by atoms with E-state index in [0.29, 0.717) is 16.6 Å². The highest BCUT2D eigenvalue weighted by molar-refractivity contribution is 6.77. The van der Waals surface area contributed by atoms with Crippen LogP contribution in [0.5, 0.6) is 0 Å². The van der Waals surface area contributed by atoms with Crippen LogP contribution in [-0.4, -0.2) is 40.6 Å². The second kappa shape index (κ2) is 8.94. The highest BCUT2D eigenvalue weighted by Crippen LogP contribution is 2.42. The van der Waals surface area contributed by atoms with Crippen molar-refractivity contribution in [3.63, 3.8) is 0 Å². The summed E-state index contributed by atoms with van der Waals surface area (Å²) in [7, 11) is -3.76. The van der Waals surface area contributed by atoms with Crippen LogP contribution >= 0.6 is 0 Å². The summed E-state index contributed by atoms with van der Waals surface area (Å²) in [5, 5.41) is 9.65. The van der Waals surface area contributed by atoms with E-state index in [9.17, 15) is 5.11 Å². The fourth-order valence-corrected chi connectivity index (χ4v) is 9.46. The number of aliphatic hydroxyl groups excluding tert-OH is 1. The van der Waals surface area contributed by atoms with Gasteiger partial charge in [0.15, 0.2) is 8.32 Å². The molecule has 0 saturated carbocycles. The molecule has 1 N–H and O–H groups in total. The van der Waals surface area contributed by atoms with Gasteiger partial charge in [-0.1, -0.05) is 41.5 Å². The van der Waals surface area contributed by atoms with Crippen LogP contribution in [0.3, 0.4) is 0 Å². The summed E-state index contributed by atoms with van der Waals surface area (Å²) in [5.74, 6) is 0. The van der Waals surface area contributed by atoms with Crippen molar-refractivity contribution in [1.29, 1.82) is 0 Å². The molecule has 4 nitrogen and oxygen atoms in total. The van der Waals surface area contributed by atoms with Gasteiger partial charge in [0.1, 0.15) is 6.10 Å². The van der Waals surface area contributed by atoms with Crippen LogP contribution in [0.2, 0.25) is 36.3 Å². The molecule has 0 aromatic carbocycles. The van der Waals surface area contributed by atoms with Crippen molar-refractivity contribution in [3.05, 3.63) is 0 Å². The van der Waals surface area contributed by atoms with E-state index < -0.39 is 22.7 Å². The Balaban J connectivity index is 5.02. The molecule has 2 unspecified atom stereocenters. The maximum atomic E-state index is 9.65. The third-order valence-corrected chi connectivity index (χ3v) is 11.1. The second-order valence-electron chi connectivity index (χ2n) is 8.15. The summed E-state index contributed by atoms with van der Waals surface area (Å²) in [6.45, 7) is 21.5. The average molecular weight is 351 g/mol. The van der Waals surface area contributed by atoms with E-state index in [-0.39, 0.29) is 12.7 Å². The molecule has 0 amide bonds. The average Bonchev–Trinajstić information content (AvgIpc) is 2.30. The molecule has 0 aromatic rings. The fraction of sp³-hybridized carbons (Fsp3) is 1.00. The zero-order chi connectivity index (χ0) is 17.7. The SMILES string of the molecule is CC(O[Si](C)(C)C)C(CO)OO[Si](C(C)C)(C(C)C)C(C)C. The summed E-state index contributed by atoms with van der Waals surface area (Å²) >= 11 is 0. The van der Waals surface area contributed by atoms with Crippen molar-refractivity contribution >= 4 is 16.6 Å². The molecule has 0 spiro atoms. The monoisotopic (exact) mass is 350 g/mol. The summed E-state index contributed by atoms with van der Waals surface area (Å²) in [5.41, 5.74) is 1.33. The molecule has 0 aliphatic rings. The second-order valence-corrected chi connectivity index (χ2v) is 18.0. The Labute approximate surface area is 139 Å². The lowest BCUT2D eigenvalue weighted by Crippen LogP contribution is -2.50. The summed E-state index contributed by atoms with van der Waals surface area (Å²) < 4.78 is 12.1. The van der Waals surface area contributed by atoms with Gasteiger partial charge in [-0.2, -0.15) is 0 Å². The number of aliphatic hydroxyl groups is 1. The number of hydrogen-bond donors (Lipinski definition) is 1. The minimum atomic E-state index is -2.09. The van der Waals surface area contributed by atoms with Crippen LogP contribution in [0, 0.1) is 0 Å².